The lowest BCUT2D eigenvalue weighted by atomic mass is 10.2. The third-order valence-electron chi connectivity index (χ3n) is 2.47. The van der Waals surface area contributed by atoms with Gasteiger partial charge in [0.05, 0.1) is 18.1 Å². The van der Waals surface area contributed by atoms with Crippen LogP contribution in [0, 0.1) is 5.92 Å². The highest BCUT2D eigenvalue weighted by Crippen LogP contribution is 2.51. The van der Waals surface area contributed by atoms with E-state index in [0.717, 1.165) is 12.8 Å². The molecule has 2 fully saturated rings. The maximum absolute atomic E-state index is 11.0. The van der Waals surface area contributed by atoms with Crippen molar-refractivity contribution in [3.8, 4) is 0 Å². The molecule has 1 heterocycles. The van der Waals surface area contributed by atoms with Crippen molar-refractivity contribution in [3.05, 3.63) is 0 Å². The molecular formula is C8H13NO3. The van der Waals surface area contributed by atoms with Crippen molar-refractivity contribution >= 4 is 5.97 Å². The van der Waals surface area contributed by atoms with E-state index >= 15 is 0 Å². The van der Waals surface area contributed by atoms with Gasteiger partial charge in [0.25, 0.3) is 0 Å². The van der Waals surface area contributed by atoms with Crippen molar-refractivity contribution in [1.29, 1.82) is 0 Å². The number of ether oxygens (including phenoxy) is 2. The Labute approximate surface area is 71.0 Å². The SMILES string of the molecule is CCCO[C@H]1OC(=O)C2CC21N. The van der Waals surface area contributed by atoms with Crippen LogP contribution in [0.4, 0.5) is 0 Å². The fraction of sp³-hybridized carbons (Fsp3) is 0.875. The van der Waals surface area contributed by atoms with Gasteiger partial charge in [-0.1, -0.05) is 6.92 Å². The number of hydrogen-bond donors (Lipinski definition) is 1. The lowest BCUT2D eigenvalue weighted by Gasteiger charge is -2.17. The summed E-state index contributed by atoms with van der Waals surface area (Å²) in [6, 6.07) is 0. The molecule has 0 radical (unpaired) electrons. The van der Waals surface area contributed by atoms with E-state index in [2.05, 4.69) is 0 Å². The minimum atomic E-state index is -0.494. The van der Waals surface area contributed by atoms with Crippen molar-refractivity contribution in [2.45, 2.75) is 31.6 Å². The summed E-state index contributed by atoms with van der Waals surface area (Å²) in [5, 5.41) is 0. The largest absolute Gasteiger partial charge is 0.433 e. The van der Waals surface area contributed by atoms with Gasteiger partial charge < -0.3 is 15.2 Å². The molecule has 1 saturated heterocycles. The lowest BCUT2D eigenvalue weighted by molar-refractivity contribution is -0.171. The number of carbonyl (C=O) groups excluding carboxylic acids is 1. The Balaban J connectivity index is 1.95. The first-order valence-electron chi connectivity index (χ1n) is 4.29. The minimum absolute atomic E-state index is 0.0978. The maximum atomic E-state index is 11.0. The topological polar surface area (TPSA) is 61.5 Å². The van der Waals surface area contributed by atoms with E-state index in [1.54, 1.807) is 0 Å². The van der Waals surface area contributed by atoms with E-state index in [1.165, 1.54) is 0 Å². The predicted molar refractivity (Wildman–Crippen MR) is 41.1 cm³/mol. The van der Waals surface area contributed by atoms with Crippen molar-refractivity contribution in [2.75, 3.05) is 6.61 Å². The zero-order valence-electron chi connectivity index (χ0n) is 7.08. The Kier molecular flexibility index (Phi) is 1.63. The number of hydrogen-bond acceptors (Lipinski definition) is 4. The Hall–Kier alpha value is -0.610. The average Bonchev–Trinajstić information content (AvgIpc) is 2.66. The maximum Gasteiger partial charge on any atom is 0.313 e. The number of nitrogens with two attached hydrogens (primary N) is 1. The minimum Gasteiger partial charge on any atom is -0.433 e. The Morgan fingerprint density at radius 1 is 1.83 bits per heavy atom. The summed E-state index contributed by atoms with van der Waals surface area (Å²) < 4.78 is 10.3. The second-order valence-electron chi connectivity index (χ2n) is 3.51. The van der Waals surface area contributed by atoms with Gasteiger partial charge in [-0.2, -0.15) is 0 Å². The van der Waals surface area contributed by atoms with Gasteiger partial charge in [-0.25, -0.2) is 0 Å². The van der Waals surface area contributed by atoms with Crippen LogP contribution in [0.5, 0.6) is 0 Å². The zero-order valence-corrected chi connectivity index (χ0v) is 7.08. The number of esters is 1. The summed E-state index contributed by atoms with van der Waals surface area (Å²) in [4.78, 5) is 11.0. The van der Waals surface area contributed by atoms with Crippen LogP contribution in [0.2, 0.25) is 0 Å². The van der Waals surface area contributed by atoms with E-state index in [1.807, 2.05) is 6.92 Å². The molecule has 0 bridgehead atoms. The number of cyclic esters (lactones) is 1. The van der Waals surface area contributed by atoms with Crippen molar-refractivity contribution < 1.29 is 14.3 Å². The molecule has 68 valence electrons. The van der Waals surface area contributed by atoms with Crippen LogP contribution in [0.3, 0.4) is 0 Å². The van der Waals surface area contributed by atoms with Crippen LogP contribution in [-0.2, 0) is 14.3 Å². The highest BCUT2D eigenvalue weighted by atomic mass is 16.7. The Morgan fingerprint density at radius 3 is 3.00 bits per heavy atom. The van der Waals surface area contributed by atoms with Crippen LogP contribution in [0.15, 0.2) is 0 Å². The van der Waals surface area contributed by atoms with Gasteiger partial charge in [0.15, 0.2) is 0 Å². The molecule has 2 unspecified atom stereocenters. The molecule has 1 aliphatic carbocycles. The first kappa shape index (κ1) is 8.01. The van der Waals surface area contributed by atoms with E-state index in [9.17, 15) is 4.79 Å². The summed E-state index contributed by atoms with van der Waals surface area (Å²) in [7, 11) is 0. The van der Waals surface area contributed by atoms with Gasteiger partial charge >= 0.3 is 5.97 Å². The van der Waals surface area contributed by atoms with Crippen molar-refractivity contribution in [1.82, 2.24) is 0 Å². The first-order valence-corrected chi connectivity index (χ1v) is 4.29. The fourth-order valence-electron chi connectivity index (χ4n) is 1.57. The Bertz CT molecular complexity index is 218. The molecule has 1 saturated carbocycles. The van der Waals surface area contributed by atoms with Gasteiger partial charge in [-0.15, -0.1) is 0 Å². The van der Waals surface area contributed by atoms with Crippen LogP contribution in [0.1, 0.15) is 19.8 Å². The summed E-state index contributed by atoms with van der Waals surface area (Å²) in [5.41, 5.74) is 5.36. The normalized spacial score (nSPS) is 44.0. The molecule has 4 nitrogen and oxygen atoms in total. The smallest absolute Gasteiger partial charge is 0.313 e. The monoisotopic (exact) mass is 171 g/mol. The molecule has 3 atom stereocenters. The van der Waals surface area contributed by atoms with Gasteiger partial charge in [0.1, 0.15) is 0 Å². The number of rotatable bonds is 3. The molecule has 0 aromatic heterocycles. The highest BCUT2D eigenvalue weighted by Gasteiger charge is 2.69. The highest BCUT2D eigenvalue weighted by molar-refractivity contribution is 5.81. The first-order chi connectivity index (χ1) is 5.68. The summed E-state index contributed by atoms with van der Waals surface area (Å²) in [6.45, 7) is 2.61. The van der Waals surface area contributed by atoms with Gasteiger partial charge in [-0.3, -0.25) is 4.79 Å². The van der Waals surface area contributed by atoms with Crippen molar-refractivity contribution in [2.24, 2.45) is 11.7 Å². The van der Waals surface area contributed by atoms with E-state index in [-0.39, 0.29) is 11.9 Å². The van der Waals surface area contributed by atoms with E-state index in [0.29, 0.717) is 6.61 Å². The van der Waals surface area contributed by atoms with Gasteiger partial charge in [0.2, 0.25) is 6.29 Å². The van der Waals surface area contributed by atoms with Crippen LogP contribution in [-0.4, -0.2) is 24.4 Å². The molecule has 2 N–H and O–H groups in total. The third kappa shape index (κ3) is 0.949. The number of carbonyl (C=O) groups is 1. The molecule has 2 aliphatic rings. The zero-order chi connectivity index (χ0) is 8.77. The number of fused-ring (bicyclic) bond motifs is 1. The van der Waals surface area contributed by atoms with E-state index < -0.39 is 11.8 Å². The van der Waals surface area contributed by atoms with Crippen molar-refractivity contribution in [3.63, 3.8) is 0 Å². The molecular weight excluding hydrogens is 158 g/mol. The molecule has 12 heavy (non-hydrogen) atoms. The van der Waals surface area contributed by atoms with Crippen LogP contribution in [0.25, 0.3) is 0 Å². The Morgan fingerprint density at radius 2 is 2.58 bits per heavy atom. The fourth-order valence-corrected chi connectivity index (χ4v) is 1.57. The van der Waals surface area contributed by atoms with Gasteiger partial charge in [0, 0.05) is 0 Å². The standard InChI is InChI=1S/C8H13NO3/c1-2-3-11-7-8(9)4-5(8)6(10)12-7/h5,7H,2-4,9H2,1H3/t5?,7-,8?/m0/s1. The summed E-state index contributed by atoms with van der Waals surface area (Å²) in [6.07, 6.45) is 1.14. The predicted octanol–water partition coefficient (Wildman–Crippen LogP) is 0.0133. The van der Waals surface area contributed by atoms with Gasteiger partial charge in [-0.05, 0) is 12.8 Å². The molecule has 0 aromatic rings. The second-order valence-corrected chi connectivity index (χ2v) is 3.51. The second kappa shape index (κ2) is 2.44. The molecule has 0 aromatic carbocycles. The summed E-state index contributed by atoms with van der Waals surface area (Å²) in [5.74, 6) is -0.294. The van der Waals surface area contributed by atoms with Crippen LogP contribution >= 0.6 is 0 Å². The third-order valence-corrected chi connectivity index (χ3v) is 2.47. The quantitative estimate of drug-likeness (QED) is 0.608. The van der Waals surface area contributed by atoms with E-state index in [4.69, 9.17) is 15.2 Å². The average molecular weight is 171 g/mol. The lowest BCUT2D eigenvalue weighted by Crippen LogP contribution is -2.38. The molecule has 0 spiro atoms. The molecule has 2 rings (SSSR count). The molecule has 1 aliphatic heterocycles. The molecule has 0 amide bonds. The van der Waals surface area contributed by atoms with Crippen LogP contribution < -0.4 is 5.73 Å². The molecule has 4 heteroatoms. The summed E-state index contributed by atoms with van der Waals surface area (Å²) >= 11 is 0.